The molecule has 3 nitrogen and oxygen atoms in total. The third kappa shape index (κ3) is 1.83. The van der Waals surface area contributed by atoms with Gasteiger partial charge in [0, 0.05) is 18.3 Å². The zero-order valence-electron chi connectivity index (χ0n) is 9.68. The van der Waals surface area contributed by atoms with Gasteiger partial charge in [-0.3, -0.25) is 4.40 Å². The Kier molecular flexibility index (Phi) is 2.89. The first-order valence-corrected chi connectivity index (χ1v) is 6.51. The lowest BCUT2D eigenvalue weighted by Gasteiger charge is -2.03. The average Bonchev–Trinajstić information content (AvgIpc) is 2.77. The highest BCUT2D eigenvalue weighted by Gasteiger charge is 2.10. The fourth-order valence-corrected chi connectivity index (χ4v) is 2.53. The molecule has 0 aliphatic carbocycles. The van der Waals surface area contributed by atoms with Crippen LogP contribution in [0.4, 0.5) is 0 Å². The summed E-state index contributed by atoms with van der Waals surface area (Å²) < 4.78 is 2.93. The van der Waals surface area contributed by atoms with Gasteiger partial charge in [-0.1, -0.05) is 24.3 Å². The summed E-state index contributed by atoms with van der Waals surface area (Å²) in [6.07, 6.45) is 2.01. The van der Waals surface area contributed by atoms with E-state index < -0.39 is 0 Å². The molecule has 0 radical (unpaired) electrons. The maximum atomic E-state index is 5.68. The molecule has 0 unspecified atom stereocenters. The van der Waals surface area contributed by atoms with Crippen LogP contribution in [-0.4, -0.2) is 9.38 Å². The molecule has 0 aliphatic heterocycles. The Morgan fingerprint density at radius 1 is 1.17 bits per heavy atom. The minimum Gasteiger partial charge on any atom is -0.326 e. The van der Waals surface area contributed by atoms with E-state index >= 15 is 0 Å². The van der Waals surface area contributed by atoms with E-state index in [1.54, 1.807) is 0 Å². The fourth-order valence-electron chi connectivity index (χ4n) is 2.04. The van der Waals surface area contributed by atoms with E-state index in [1.807, 2.05) is 42.6 Å². The second-order valence-corrected chi connectivity index (χ2v) is 4.84. The lowest BCUT2D eigenvalue weighted by atomic mass is 10.1. The molecule has 0 fully saturated rings. The first kappa shape index (κ1) is 11.4. The number of pyridine rings is 1. The van der Waals surface area contributed by atoms with Crippen molar-refractivity contribution in [3.63, 3.8) is 0 Å². The van der Waals surface area contributed by atoms with Crippen LogP contribution in [0.1, 0.15) is 5.56 Å². The number of rotatable bonds is 2. The topological polar surface area (TPSA) is 43.3 Å². The van der Waals surface area contributed by atoms with Gasteiger partial charge in [-0.25, -0.2) is 4.98 Å². The van der Waals surface area contributed by atoms with Crippen LogP contribution in [0, 0.1) is 0 Å². The average molecular weight is 302 g/mol. The predicted molar refractivity (Wildman–Crippen MR) is 76.2 cm³/mol. The monoisotopic (exact) mass is 301 g/mol. The highest BCUT2D eigenvalue weighted by molar-refractivity contribution is 9.10. The van der Waals surface area contributed by atoms with Gasteiger partial charge in [0.2, 0.25) is 0 Å². The Bertz CT molecular complexity index is 703. The fraction of sp³-hybridized carbons (Fsp3) is 0.0714. The van der Waals surface area contributed by atoms with Crippen LogP contribution in [0.3, 0.4) is 0 Å². The van der Waals surface area contributed by atoms with Crippen LogP contribution in [0.15, 0.2) is 53.3 Å². The summed E-state index contributed by atoms with van der Waals surface area (Å²) in [7, 11) is 0. The van der Waals surface area contributed by atoms with Crippen LogP contribution in [0.5, 0.6) is 0 Å². The first-order chi connectivity index (χ1) is 8.79. The lowest BCUT2D eigenvalue weighted by Crippen LogP contribution is -1.96. The number of imidazole rings is 1. The predicted octanol–water partition coefficient (Wildman–Crippen LogP) is 3.22. The van der Waals surface area contributed by atoms with Gasteiger partial charge in [0.1, 0.15) is 10.4 Å². The van der Waals surface area contributed by atoms with E-state index in [0.717, 1.165) is 27.1 Å². The van der Waals surface area contributed by atoms with E-state index in [1.165, 1.54) is 0 Å². The minimum atomic E-state index is 0.540. The van der Waals surface area contributed by atoms with Gasteiger partial charge < -0.3 is 5.73 Å². The van der Waals surface area contributed by atoms with Crippen molar-refractivity contribution in [2.75, 3.05) is 0 Å². The largest absolute Gasteiger partial charge is 0.326 e. The molecule has 0 spiro atoms. The summed E-state index contributed by atoms with van der Waals surface area (Å²) in [6.45, 7) is 0.540. The summed E-state index contributed by atoms with van der Waals surface area (Å²) in [5.74, 6) is 0.924. The van der Waals surface area contributed by atoms with Crippen LogP contribution >= 0.6 is 15.9 Å². The van der Waals surface area contributed by atoms with Gasteiger partial charge in [-0.15, -0.1) is 0 Å². The normalized spacial score (nSPS) is 11.0. The molecular formula is C14H12BrN3. The molecule has 0 amide bonds. The summed E-state index contributed by atoms with van der Waals surface area (Å²) in [5.41, 5.74) is 8.92. The van der Waals surface area contributed by atoms with Crippen LogP contribution < -0.4 is 5.73 Å². The lowest BCUT2D eigenvalue weighted by molar-refractivity contribution is 1.07. The molecule has 4 heteroatoms. The van der Waals surface area contributed by atoms with Crippen LogP contribution in [-0.2, 0) is 6.54 Å². The van der Waals surface area contributed by atoms with Gasteiger partial charge >= 0.3 is 0 Å². The minimum absolute atomic E-state index is 0.540. The molecule has 0 bridgehead atoms. The Morgan fingerprint density at radius 3 is 2.89 bits per heavy atom. The van der Waals surface area contributed by atoms with Crippen molar-refractivity contribution < 1.29 is 0 Å². The Hall–Kier alpha value is -1.65. The van der Waals surface area contributed by atoms with Crippen molar-refractivity contribution in [1.29, 1.82) is 0 Å². The number of fused-ring (bicyclic) bond motifs is 1. The number of benzene rings is 1. The van der Waals surface area contributed by atoms with Crippen LogP contribution in [0.2, 0.25) is 0 Å². The Labute approximate surface area is 113 Å². The molecule has 2 aromatic heterocycles. The number of aromatic nitrogens is 2. The van der Waals surface area contributed by atoms with Gasteiger partial charge in [0.15, 0.2) is 0 Å². The van der Waals surface area contributed by atoms with Crippen LogP contribution in [0.25, 0.3) is 16.9 Å². The number of halogens is 1. The molecular weight excluding hydrogens is 290 g/mol. The second kappa shape index (κ2) is 4.55. The molecule has 3 aromatic rings. The van der Waals surface area contributed by atoms with Gasteiger partial charge in [-0.2, -0.15) is 0 Å². The second-order valence-electron chi connectivity index (χ2n) is 4.09. The summed E-state index contributed by atoms with van der Waals surface area (Å²) in [4.78, 5) is 4.57. The van der Waals surface area contributed by atoms with Gasteiger partial charge in [0.25, 0.3) is 0 Å². The Morgan fingerprint density at radius 2 is 2.06 bits per heavy atom. The van der Waals surface area contributed by atoms with Gasteiger partial charge in [0.05, 0.1) is 5.52 Å². The number of nitrogens with two attached hydrogens (primary N) is 1. The maximum absolute atomic E-state index is 5.68. The Balaban J connectivity index is 2.25. The van der Waals surface area contributed by atoms with Gasteiger partial charge in [-0.05, 0) is 39.7 Å². The third-order valence-electron chi connectivity index (χ3n) is 2.92. The van der Waals surface area contributed by atoms with Crippen molar-refractivity contribution in [3.8, 4) is 11.4 Å². The first-order valence-electron chi connectivity index (χ1n) is 5.71. The van der Waals surface area contributed by atoms with E-state index in [-0.39, 0.29) is 0 Å². The molecule has 18 heavy (non-hydrogen) atoms. The van der Waals surface area contributed by atoms with E-state index in [2.05, 4.69) is 31.4 Å². The third-order valence-corrected chi connectivity index (χ3v) is 3.51. The molecule has 3 rings (SSSR count). The van der Waals surface area contributed by atoms with E-state index in [9.17, 15) is 0 Å². The van der Waals surface area contributed by atoms with Crippen molar-refractivity contribution in [2.45, 2.75) is 6.54 Å². The van der Waals surface area contributed by atoms with Crippen molar-refractivity contribution >= 4 is 21.4 Å². The number of hydrogen-bond donors (Lipinski definition) is 1. The molecule has 0 atom stereocenters. The number of nitrogens with zero attached hydrogens (tertiary/aromatic N) is 2. The molecule has 2 heterocycles. The molecule has 2 N–H and O–H groups in total. The molecule has 0 saturated carbocycles. The molecule has 0 saturated heterocycles. The van der Waals surface area contributed by atoms with Crippen molar-refractivity contribution in [1.82, 2.24) is 9.38 Å². The number of hydrogen-bond acceptors (Lipinski definition) is 2. The molecule has 1 aromatic carbocycles. The highest BCUT2D eigenvalue weighted by Crippen LogP contribution is 2.26. The van der Waals surface area contributed by atoms with E-state index in [0.29, 0.717) is 6.54 Å². The summed E-state index contributed by atoms with van der Waals surface area (Å²) >= 11 is 3.49. The van der Waals surface area contributed by atoms with Crippen molar-refractivity contribution in [2.24, 2.45) is 5.73 Å². The van der Waals surface area contributed by atoms with Crippen molar-refractivity contribution in [3.05, 3.63) is 58.8 Å². The van der Waals surface area contributed by atoms with E-state index in [4.69, 9.17) is 5.73 Å². The maximum Gasteiger partial charge on any atom is 0.145 e. The molecule has 90 valence electrons. The summed E-state index contributed by atoms with van der Waals surface area (Å²) in [5, 5.41) is 0. The quantitative estimate of drug-likeness (QED) is 0.790. The highest BCUT2D eigenvalue weighted by atomic mass is 79.9. The zero-order valence-corrected chi connectivity index (χ0v) is 11.3. The zero-order chi connectivity index (χ0) is 12.5. The smallest absolute Gasteiger partial charge is 0.145 e. The molecule has 0 aliphatic rings. The summed E-state index contributed by atoms with van der Waals surface area (Å²) in [6, 6.07) is 14.2. The standard InChI is InChI=1S/C14H12BrN3/c15-13-12-6-1-2-7-18(12)14(17-13)11-5-3-4-10(8-11)9-16/h1-8H,9,16H2. The SMILES string of the molecule is NCc1cccc(-c2nc(Br)c3ccccn23)c1.